The molecule has 0 aliphatic carbocycles. The fraction of sp³-hybridized carbons (Fsp3) is 0.348. The molecule has 8 heteroatoms. The number of benzene rings is 2. The molecule has 0 saturated carbocycles. The number of halogens is 1. The lowest BCUT2D eigenvalue weighted by Gasteiger charge is -2.11. The van der Waals surface area contributed by atoms with E-state index in [1.165, 1.54) is 17.3 Å². The maximum absolute atomic E-state index is 12.4. The normalized spacial score (nSPS) is 11.9. The van der Waals surface area contributed by atoms with Gasteiger partial charge < -0.3 is 14.6 Å². The lowest BCUT2D eigenvalue weighted by Crippen LogP contribution is -2.15. The van der Waals surface area contributed by atoms with Crippen molar-refractivity contribution in [2.75, 3.05) is 11.1 Å². The Morgan fingerprint density at radius 2 is 1.84 bits per heavy atom. The number of hydrogen-bond acceptors (Lipinski definition) is 5. The van der Waals surface area contributed by atoms with Gasteiger partial charge in [-0.3, -0.25) is 4.79 Å². The molecule has 0 aliphatic rings. The molecule has 0 fully saturated rings. The Kier molecular flexibility index (Phi) is 8.37. The van der Waals surface area contributed by atoms with Crippen molar-refractivity contribution in [2.45, 2.75) is 51.4 Å². The van der Waals surface area contributed by atoms with Gasteiger partial charge in [0.05, 0.1) is 5.75 Å². The second kappa shape index (κ2) is 11.2. The molecular formula is C23H27ClN4O2S. The first-order chi connectivity index (χ1) is 15.0. The van der Waals surface area contributed by atoms with E-state index in [9.17, 15) is 4.79 Å². The van der Waals surface area contributed by atoms with Crippen LogP contribution in [0.2, 0.25) is 5.02 Å². The van der Waals surface area contributed by atoms with Crippen molar-refractivity contribution in [2.24, 2.45) is 0 Å². The van der Waals surface area contributed by atoms with Crippen LogP contribution in [0.1, 0.15) is 44.5 Å². The number of aromatic nitrogens is 3. The number of ether oxygens (including phenoxy) is 1. The highest BCUT2D eigenvalue weighted by molar-refractivity contribution is 7.99. The third-order valence-electron chi connectivity index (χ3n) is 5.00. The van der Waals surface area contributed by atoms with Crippen LogP contribution in [0.4, 0.5) is 5.69 Å². The van der Waals surface area contributed by atoms with Gasteiger partial charge in [0.15, 0.2) is 11.0 Å². The molecule has 6 nitrogen and oxygen atoms in total. The summed E-state index contributed by atoms with van der Waals surface area (Å²) in [6.07, 6.45) is 1.09. The van der Waals surface area contributed by atoms with Crippen molar-refractivity contribution in [1.82, 2.24) is 14.8 Å². The van der Waals surface area contributed by atoms with E-state index in [0.29, 0.717) is 34.2 Å². The van der Waals surface area contributed by atoms with E-state index in [0.717, 1.165) is 12.1 Å². The van der Waals surface area contributed by atoms with Gasteiger partial charge >= 0.3 is 0 Å². The van der Waals surface area contributed by atoms with Gasteiger partial charge in [-0.2, -0.15) is 0 Å². The van der Waals surface area contributed by atoms with Crippen molar-refractivity contribution in [3.8, 4) is 5.75 Å². The molecule has 3 aromatic rings. The molecule has 1 aromatic heterocycles. The van der Waals surface area contributed by atoms with Crippen LogP contribution in [0.15, 0.2) is 53.7 Å². The van der Waals surface area contributed by atoms with E-state index in [2.05, 4.69) is 41.5 Å². The minimum atomic E-state index is -0.0779. The summed E-state index contributed by atoms with van der Waals surface area (Å²) in [6, 6.07) is 15.2. The van der Waals surface area contributed by atoms with Gasteiger partial charge in [-0.05, 0) is 61.2 Å². The number of hydrogen-bond donors (Lipinski definition) is 1. The molecule has 31 heavy (non-hydrogen) atoms. The summed E-state index contributed by atoms with van der Waals surface area (Å²) < 4.78 is 7.72. The molecule has 1 N–H and O–H groups in total. The highest BCUT2D eigenvalue weighted by Crippen LogP contribution is 2.22. The number of amides is 1. The molecule has 2 aromatic carbocycles. The van der Waals surface area contributed by atoms with Crippen LogP contribution in [-0.4, -0.2) is 26.4 Å². The predicted molar refractivity (Wildman–Crippen MR) is 126 cm³/mol. The van der Waals surface area contributed by atoms with Gasteiger partial charge in [0, 0.05) is 17.3 Å². The molecule has 0 radical (unpaired) electrons. The summed E-state index contributed by atoms with van der Waals surface area (Å²) >= 11 is 7.26. The van der Waals surface area contributed by atoms with Crippen LogP contribution in [0, 0.1) is 0 Å². The highest BCUT2D eigenvalue weighted by atomic mass is 35.5. The summed E-state index contributed by atoms with van der Waals surface area (Å²) in [5, 5.41) is 12.7. The quantitative estimate of drug-likeness (QED) is 0.390. The highest BCUT2D eigenvalue weighted by Gasteiger charge is 2.14. The van der Waals surface area contributed by atoms with Crippen LogP contribution in [-0.2, 0) is 17.9 Å². The largest absolute Gasteiger partial charge is 0.486 e. The number of anilines is 1. The SMILES string of the molecule is CC[C@H](C)c1ccc(NC(=O)CSc2nnc(COc3ccc(Cl)cc3)n2CC)cc1. The number of carbonyl (C=O) groups is 1. The average Bonchev–Trinajstić information content (AvgIpc) is 3.19. The second-order valence-corrected chi connectivity index (χ2v) is 8.53. The summed E-state index contributed by atoms with van der Waals surface area (Å²) in [4.78, 5) is 12.4. The van der Waals surface area contributed by atoms with Gasteiger partial charge in [-0.25, -0.2) is 0 Å². The van der Waals surface area contributed by atoms with E-state index in [-0.39, 0.29) is 18.3 Å². The van der Waals surface area contributed by atoms with Crippen LogP contribution < -0.4 is 10.1 Å². The van der Waals surface area contributed by atoms with Gasteiger partial charge in [0.2, 0.25) is 5.91 Å². The molecule has 0 aliphatic heterocycles. The first kappa shape index (κ1) is 23.2. The van der Waals surface area contributed by atoms with E-state index in [1.54, 1.807) is 12.1 Å². The molecular weight excluding hydrogens is 432 g/mol. The minimum Gasteiger partial charge on any atom is -0.486 e. The predicted octanol–water partition coefficient (Wildman–Crippen LogP) is 5.77. The van der Waals surface area contributed by atoms with Gasteiger partial charge in [0.25, 0.3) is 0 Å². The fourth-order valence-electron chi connectivity index (χ4n) is 2.99. The Bertz CT molecular complexity index is 990. The summed E-state index contributed by atoms with van der Waals surface area (Å²) in [6.45, 7) is 7.36. The van der Waals surface area contributed by atoms with E-state index >= 15 is 0 Å². The molecule has 0 saturated heterocycles. The Labute approximate surface area is 192 Å². The minimum absolute atomic E-state index is 0.0779. The topological polar surface area (TPSA) is 69.0 Å². The molecule has 1 heterocycles. The molecule has 1 amide bonds. The zero-order chi connectivity index (χ0) is 22.2. The number of rotatable bonds is 10. The average molecular weight is 459 g/mol. The van der Waals surface area contributed by atoms with Gasteiger partial charge in [0.1, 0.15) is 12.4 Å². The van der Waals surface area contributed by atoms with Crippen LogP contribution in [0.3, 0.4) is 0 Å². The smallest absolute Gasteiger partial charge is 0.234 e. The summed E-state index contributed by atoms with van der Waals surface area (Å²) in [5.74, 6) is 2.11. The third-order valence-corrected chi connectivity index (χ3v) is 6.22. The van der Waals surface area contributed by atoms with Crippen LogP contribution in [0.5, 0.6) is 5.75 Å². The molecule has 0 spiro atoms. The Hall–Kier alpha value is -2.51. The maximum atomic E-state index is 12.4. The third kappa shape index (κ3) is 6.48. The number of carbonyl (C=O) groups excluding carboxylic acids is 1. The summed E-state index contributed by atoms with van der Waals surface area (Å²) in [5.41, 5.74) is 2.07. The van der Waals surface area contributed by atoms with Gasteiger partial charge in [-0.1, -0.05) is 49.3 Å². The fourth-order valence-corrected chi connectivity index (χ4v) is 3.93. The molecule has 0 bridgehead atoms. The number of nitrogens with one attached hydrogen (secondary N) is 1. The van der Waals surface area contributed by atoms with E-state index < -0.39 is 0 Å². The van der Waals surface area contributed by atoms with Crippen molar-refractivity contribution in [1.29, 1.82) is 0 Å². The first-order valence-electron chi connectivity index (χ1n) is 10.3. The summed E-state index contributed by atoms with van der Waals surface area (Å²) in [7, 11) is 0. The van der Waals surface area contributed by atoms with Crippen LogP contribution >= 0.6 is 23.4 Å². The molecule has 164 valence electrons. The van der Waals surface area contributed by atoms with E-state index in [4.69, 9.17) is 16.3 Å². The zero-order valence-electron chi connectivity index (χ0n) is 18.0. The van der Waals surface area contributed by atoms with Crippen LogP contribution in [0.25, 0.3) is 0 Å². The van der Waals surface area contributed by atoms with Crippen molar-refractivity contribution >= 4 is 35.0 Å². The zero-order valence-corrected chi connectivity index (χ0v) is 19.5. The second-order valence-electron chi connectivity index (χ2n) is 7.15. The Balaban J connectivity index is 1.53. The number of nitrogens with zero attached hydrogens (tertiary/aromatic N) is 3. The standard InChI is InChI=1S/C23H27ClN4O2S/c1-4-16(3)17-6-10-19(11-7-17)25-22(29)15-31-23-27-26-21(28(23)5-2)14-30-20-12-8-18(24)9-13-20/h6-13,16H,4-5,14-15H2,1-3H3,(H,25,29)/t16-/m0/s1. The monoisotopic (exact) mass is 458 g/mol. The van der Waals surface area contributed by atoms with Crippen molar-refractivity contribution in [3.63, 3.8) is 0 Å². The molecule has 1 atom stereocenters. The van der Waals surface area contributed by atoms with Gasteiger partial charge in [-0.15, -0.1) is 10.2 Å². The van der Waals surface area contributed by atoms with Crippen molar-refractivity contribution in [3.05, 3.63) is 64.9 Å². The lowest BCUT2D eigenvalue weighted by molar-refractivity contribution is -0.113. The Morgan fingerprint density at radius 1 is 1.13 bits per heavy atom. The molecule has 0 unspecified atom stereocenters. The van der Waals surface area contributed by atoms with Crippen molar-refractivity contribution < 1.29 is 9.53 Å². The first-order valence-corrected chi connectivity index (χ1v) is 11.7. The molecule has 3 rings (SSSR count). The number of thioether (sulfide) groups is 1. The lowest BCUT2D eigenvalue weighted by atomic mass is 9.99. The maximum Gasteiger partial charge on any atom is 0.234 e. The Morgan fingerprint density at radius 3 is 2.48 bits per heavy atom. The van der Waals surface area contributed by atoms with E-state index in [1.807, 2.05) is 35.8 Å².